The van der Waals surface area contributed by atoms with E-state index in [1.807, 2.05) is 0 Å². The zero-order chi connectivity index (χ0) is 13.2. The van der Waals surface area contributed by atoms with Crippen LogP contribution in [0.2, 0.25) is 0 Å². The van der Waals surface area contributed by atoms with Gasteiger partial charge in [-0.3, -0.25) is 4.79 Å². The van der Waals surface area contributed by atoms with Crippen molar-refractivity contribution in [3.05, 3.63) is 0 Å². The van der Waals surface area contributed by atoms with Gasteiger partial charge in [0.05, 0.1) is 6.10 Å². The van der Waals surface area contributed by atoms with Crippen LogP contribution in [0, 0.1) is 0 Å². The molecule has 0 radical (unpaired) electrons. The van der Waals surface area contributed by atoms with E-state index in [9.17, 15) is 4.79 Å². The van der Waals surface area contributed by atoms with E-state index in [-0.39, 0.29) is 5.91 Å². The second-order valence-corrected chi connectivity index (χ2v) is 4.98. The van der Waals surface area contributed by atoms with E-state index in [1.54, 1.807) is 0 Å². The van der Waals surface area contributed by atoms with Crippen molar-refractivity contribution in [3.63, 3.8) is 0 Å². The van der Waals surface area contributed by atoms with Crippen LogP contribution in [-0.2, 0) is 9.53 Å². The third-order valence-electron chi connectivity index (χ3n) is 3.38. The van der Waals surface area contributed by atoms with E-state index in [1.165, 1.54) is 0 Å². The number of ether oxygens (including phenoxy) is 1. The second kappa shape index (κ2) is 9.30. The van der Waals surface area contributed by atoms with Crippen LogP contribution in [0.3, 0.4) is 0 Å². The van der Waals surface area contributed by atoms with Gasteiger partial charge in [-0.25, -0.2) is 0 Å². The topological polar surface area (TPSA) is 81.6 Å². The van der Waals surface area contributed by atoms with Gasteiger partial charge < -0.3 is 21.1 Å². The van der Waals surface area contributed by atoms with E-state index in [0.717, 1.165) is 58.3 Å². The van der Waals surface area contributed by atoms with Gasteiger partial charge in [0.15, 0.2) is 0 Å². The SMILES string of the molecule is NCCCOC1CCN(CCCCC(N)=O)CC1. The Kier molecular flexibility index (Phi) is 7.96. The van der Waals surface area contributed by atoms with Gasteiger partial charge in [-0.1, -0.05) is 0 Å². The Morgan fingerprint density at radius 3 is 2.56 bits per heavy atom. The second-order valence-electron chi connectivity index (χ2n) is 4.98. The third-order valence-corrected chi connectivity index (χ3v) is 3.38. The number of unbranched alkanes of at least 4 members (excludes halogenated alkanes) is 1. The highest BCUT2D eigenvalue weighted by molar-refractivity contribution is 5.73. The number of amides is 1. The summed E-state index contributed by atoms with van der Waals surface area (Å²) in [6, 6.07) is 0. The van der Waals surface area contributed by atoms with Gasteiger partial charge in [0, 0.05) is 26.1 Å². The summed E-state index contributed by atoms with van der Waals surface area (Å²) in [6.07, 6.45) is 6.06. The molecular formula is C13H27N3O2. The monoisotopic (exact) mass is 257 g/mol. The van der Waals surface area contributed by atoms with Crippen molar-refractivity contribution in [2.45, 2.75) is 44.6 Å². The fraction of sp³-hybridized carbons (Fsp3) is 0.923. The summed E-state index contributed by atoms with van der Waals surface area (Å²) >= 11 is 0. The molecule has 4 N–H and O–H groups in total. The third kappa shape index (κ3) is 6.93. The smallest absolute Gasteiger partial charge is 0.217 e. The van der Waals surface area contributed by atoms with Crippen LogP contribution >= 0.6 is 0 Å². The highest BCUT2D eigenvalue weighted by atomic mass is 16.5. The van der Waals surface area contributed by atoms with Crippen molar-refractivity contribution in [3.8, 4) is 0 Å². The largest absolute Gasteiger partial charge is 0.378 e. The lowest BCUT2D eigenvalue weighted by atomic mass is 10.1. The minimum atomic E-state index is -0.193. The van der Waals surface area contributed by atoms with Crippen LogP contribution < -0.4 is 11.5 Å². The molecule has 0 aromatic carbocycles. The highest BCUT2D eigenvalue weighted by Crippen LogP contribution is 2.14. The average Bonchev–Trinajstić information content (AvgIpc) is 2.36. The maximum atomic E-state index is 10.6. The lowest BCUT2D eigenvalue weighted by Crippen LogP contribution is -2.37. The van der Waals surface area contributed by atoms with Gasteiger partial charge in [-0.15, -0.1) is 0 Å². The molecule has 0 aromatic heterocycles. The summed E-state index contributed by atoms with van der Waals surface area (Å²) in [5, 5.41) is 0. The molecule has 0 atom stereocenters. The number of nitrogens with zero attached hydrogens (tertiary/aromatic N) is 1. The number of rotatable bonds is 9. The summed E-state index contributed by atoms with van der Waals surface area (Å²) < 4.78 is 5.76. The van der Waals surface area contributed by atoms with Gasteiger partial charge in [0.2, 0.25) is 5.91 Å². The maximum absolute atomic E-state index is 10.6. The van der Waals surface area contributed by atoms with Gasteiger partial charge in [-0.2, -0.15) is 0 Å². The molecule has 1 rings (SSSR count). The first kappa shape index (κ1) is 15.4. The lowest BCUT2D eigenvalue weighted by Gasteiger charge is -2.31. The molecule has 0 aliphatic carbocycles. The number of likely N-dealkylation sites (tertiary alicyclic amines) is 1. The zero-order valence-electron chi connectivity index (χ0n) is 11.3. The van der Waals surface area contributed by atoms with Gasteiger partial charge in [0.1, 0.15) is 0 Å². The summed E-state index contributed by atoms with van der Waals surface area (Å²) in [7, 11) is 0. The van der Waals surface area contributed by atoms with Gasteiger partial charge >= 0.3 is 0 Å². The minimum Gasteiger partial charge on any atom is -0.378 e. The van der Waals surface area contributed by atoms with Crippen LogP contribution in [-0.4, -0.2) is 49.7 Å². The number of hydrogen-bond donors (Lipinski definition) is 2. The Morgan fingerprint density at radius 2 is 1.94 bits per heavy atom. The maximum Gasteiger partial charge on any atom is 0.217 e. The standard InChI is InChI=1S/C13H27N3O2/c14-7-3-11-18-12-5-9-16(10-6-12)8-2-1-4-13(15)17/h12H,1-11,14H2,(H2,15,17). The van der Waals surface area contributed by atoms with E-state index in [0.29, 0.717) is 19.1 Å². The van der Waals surface area contributed by atoms with Crippen molar-refractivity contribution < 1.29 is 9.53 Å². The number of piperidine rings is 1. The number of carbonyl (C=O) groups is 1. The molecule has 0 spiro atoms. The van der Waals surface area contributed by atoms with Gasteiger partial charge in [-0.05, 0) is 45.2 Å². The Balaban J connectivity index is 1.99. The van der Waals surface area contributed by atoms with Crippen LogP contribution in [0.25, 0.3) is 0 Å². The number of primary amides is 1. The lowest BCUT2D eigenvalue weighted by molar-refractivity contribution is -0.118. The predicted molar refractivity (Wildman–Crippen MR) is 72.1 cm³/mol. The van der Waals surface area contributed by atoms with Gasteiger partial charge in [0.25, 0.3) is 0 Å². The number of hydrogen-bond acceptors (Lipinski definition) is 4. The molecule has 18 heavy (non-hydrogen) atoms. The molecule has 0 bridgehead atoms. The summed E-state index contributed by atoms with van der Waals surface area (Å²) in [4.78, 5) is 13.0. The first-order valence-corrected chi connectivity index (χ1v) is 7.04. The van der Waals surface area contributed by atoms with E-state index in [2.05, 4.69) is 4.90 Å². The first-order chi connectivity index (χ1) is 8.72. The Bertz CT molecular complexity index is 228. The quantitative estimate of drug-likeness (QED) is 0.588. The van der Waals surface area contributed by atoms with Crippen molar-refractivity contribution in [1.82, 2.24) is 4.90 Å². The first-order valence-electron chi connectivity index (χ1n) is 7.04. The molecule has 1 saturated heterocycles. The fourth-order valence-corrected chi connectivity index (χ4v) is 2.27. The van der Waals surface area contributed by atoms with Crippen molar-refractivity contribution in [1.29, 1.82) is 0 Å². The van der Waals surface area contributed by atoms with Crippen LogP contribution in [0.4, 0.5) is 0 Å². The molecule has 1 aliphatic rings. The van der Waals surface area contributed by atoms with Crippen LogP contribution in [0.5, 0.6) is 0 Å². The predicted octanol–water partition coefficient (Wildman–Crippen LogP) is 0.472. The fourth-order valence-electron chi connectivity index (χ4n) is 2.27. The van der Waals surface area contributed by atoms with E-state index >= 15 is 0 Å². The Hall–Kier alpha value is -0.650. The molecule has 1 heterocycles. The molecule has 1 aliphatic heterocycles. The normalized spacial score (nSPS) is 18.1. The van der Waals surface area contributed by atoms with Crippen molar-refractivity contribution in [2.75, 3.05) is 32.8 Å². The number of nitrogens with two attached hydrogens (primary N) is 2. The van der Waals surface area contributed by atoms with Crippen molar-refractivity contribution >= 4 is 5.91 Å². The average molecular weight is 257 g/mol. The number of carbonyl (C=O) groups excluding carboxylic acids is 1. The van der Waals surface area contributed by atoms with Crippen LogP contribution in [0.1, 0.15) is 38.5 Å². The molecule has 106 valence electrons. The molecule has 0 saturated carbocycles. The minimum absolute atomic E-state index is 0.193. The molecular weight excluding hydrogens is 230 g/mol. The molecule has 1 amide bonds. The molecule has 1 fully saturated rings. The molecule has 0 aromatic rings. The van der Waals surface area contributed by atoms with E-state index in [4.69, 9.17) is 16.2 Å². The summed E-state index contributed by atoms with van der Waals surface area (Å²) in [5.41, 5.74) is 10.5. The molecule has 5 heteroatoms. The van der Waals surface area contributed by atoms with E-state index < -0.39 is 0 Å². The molecule has 0 unspecified atom stereocenters. The Labute approximate surface area is 110 Å². The highest BCUT2D eigenvalue weighted by Gasteiger charge is 2.18. The Morgan fingerprint density at radius 1 is 1.22 bits per heavy atom. The van der Waals surface area contributed by atoms with Crippen LogP contribution in [0.15, 0.2) is 0 Å². The summed E-state index contributed by atoms with van der Waals surface area (Å²) in [5.74, 6) is -0.193. The summed E-state index contributed by atoms with van der Waals surface area (Å²) in [6.45, 7) is 4.77. The molecule has 5 nitrogen and oxygen atoms in total. The zero-order valence-corrected chi connectivity index (χ0v) is 11.3. The van der Waals surface area contributed by atoms with Crippen molar-refractivity contribution in [2.24, 2.45) is 11.5 Å².